The molecule has 1 saturated carbocycles. The topological polar surface area (TPSA) is 45.1 Å². The molecule has 3 rings (SSSR count). The summed E-state index contributed by atoms with van der Waals surface area (Å²) in [5.74, 6) is 1.28. The zero-order chi connectivity index (χ0) is 13.1. The molecule has 3 nitrogen and oxygen atoms in total. The van der Waals surface area contributed by atoms with Gasteiger partial charge in [-0.1, -0.05) is 37.1 Å². The number of nitrogens with zero attached hydrogens (tertiary/aromatic N) is 1. The van der Waals surface area contributed by atoms with Gasteiger partial charge in [-0.25, -0.2) is 4.98 Å². The Kier molecular flexibility index (Phi) is 3.65. The van der Waals surface area contributed by atoms with Crippen LogP contribution in [0.15, 0.2) is 36.5 Å². The molecule has 0 amide bonds. The number of nitrogens with one attached hydrogen (secondary N) is 1. The van der Waals surface area contributed by atoms with Gasteiger partial charge in [-0.15, -0.1) is 0 Å². The van der Waals surface area contributed by atoms with E-state index >= 15 is 0 Å². The van der Waals surface area contributed by atoms with Gasteiger partial charge >= 0.3 is 0 Å². The van der Waals surface area contributed by atoms with Gasteiger partial charge in [0.25, 0.3) is 0 Å². The minimum absolute atomic E-state index is 0.156. The van der Waals surface area contributed by atoms with Crippen molar-refractivity contribution in [3.63, 3.8) is 0 Å². The first kappa shape index (κ1) is 12.4. The van der Waals surface area contributed by atoms with Crippen molar-refractivity contribution >= 4 is 16.6 Å². The summed E-state index contributed by atoms with van der Waals surface area (Å²) in [6.45, 7) is 0.808. The molecule has 1 fully saturated rings. The third kappa shape index (κ3) is 2.71. The van der Waals surface area contributed by atoms with E-state index in [1.165, 1.54) is 11.8 Å². The van der Waals surface area contributed by atoms with Crippen LogP contribution in [-0.2, 0) is 0 Å². The lowest BCUT2D eigenvalue weighted by Crippen LogP contribution is -2.30. The Bertz CT molecular complexity index is 550. The Morgan fingerprint density at radius 3 is 2.89 bits per heavy atom. The predicted molar refractivity (Wildman–Crippen MR) is 78.2 cm³/mol. The van der Waals surface area contributed by atoms with Gasteiger partial charge in [-0.3, -0.25) is 0 Å². The summed E-state index contributed by atoms with van der Waals surface area (Å²) in [6, 6.07) is 10.3. The largest absolute Gasteiger partial charge is 0.393 e. The third-order valence-electron chi connectivity index (χ3n) is 4.07. The van der Waals surface area contributed by atoms with Crippen LogP contribution in [-0.4, -0.2) is 22.7 Å². The molecule has 19 heavy (non-hydrogen) atoms. The molecule has 0 radical (unpaired) electrons. The second-order valence-electron chi connectivity index (χ2n) is 5.37. The van der Waals surface area contributed by atoms with Crippen LogP contribution >= 0.6 is 0 Å². The fourth-order valence-corrected chi connectivity index (χ4v) is 2.91. The number of benzene rings is 1. The van der Waals surface area contributed by atoms with Gasteiger partial charge in [0.15, 0.2) is 0 Å². The van der Waals surface area contributed by atoms with Crippen LogP contribution in [0.5, 0.6) is 0 Å². The number of anilines is 1. The number of aliphatic hydroxyl groups excluding tert-OH is 1. The Hall–Kier alpha value is -1.61. The van der Waals surface area contributed by atoms with Crippen molar-refractivity contribution in [2.45, 2.75) is 31.8 Å². The van der Waals surface area contributed by atoms with E-state index in [0.717, 1.165) is 37.0 Å². The van der Waals surface area contributed by atoms with E-state index < -0.39 is 0 Å². The van der Waals surface area contributed by atoms with Crippen LogP contribution in [0.1, 0.15) is 25.7 Å². The van der Waals surface area contributed by atoms with Gasteiger partial charge in [0.2, 0.25) is 0 Å². The first-order valence-electron chi connectivity index (χ1n) is 7.10. The molecular formula is C16H20N2O. The first-order chi connectivity index (χ1) is 9.34. The summed E-state index contributed by atoms with van der Waals surface area (Å²) in [5.41, 5.74) is 0. The van der Waals surface area contributed by atoms with Crippen LogP contribution in [0.3, 0.4) is 0 Å². The average molecular weight is 256 g/mol. The fourth-order valence-electron chi connectivity index (χ4n) is 2.91. The van der Waals surface area contributed by atoms with Gasteiger partial charge in [0.1, 0.15) is 5.82 Å². The minimum atomic E-state index is -0.156. The Morgan fingerprint density at radius 1 is 1.16 bits per heavy atom. The highest BCUT2D eigenvalue weighted by Gasteiger charge is 2.22. The number of rotatable bonds is 3. The minimum Gasteiger partial charge on any atom is -0.393 e. The molecule has 0 saturated heterocycles. The Morgan fingerprint density at radius 2 is 2.00 bits per heavy atom. The highest BCUT2D eigenvalue weighted by Crippen LogP contribution is 2.26. The Balaban J connectivity index is 1.74. The van der Waals surface area contributed by atoms with E-state index in [0.29, 0.717) is 5.92 Å². The second kappa shape index (κ2) is 5.57. The average Bonchev–Trinajstić information content (AvgIpc) is 2.46. The van der Waals surface area contributed by atoms with E-state index in [1.807, 2.05) is 24.4 Å². The number of hydrogen-bond donors (Lipinski definition) is 2. The van der Waals surface area contributed by atoms with Crippen molar-refractivity contribution < 1.29 is 5.11 Å². The first-order valence-corrected chi connectivity index (χ1v) is 7.10. The van der Waals surface area contributed by atoms with Crippen molar-refractivity contribution in [2.75, 3.05) is 11.9 Å². The molecule has 0 aliphatic heterocycles. The molecule has 1 aliphatic carbocycles. The van der Waals surface area contributed by atoms with Crippen molar-refractivity contribution in [3.8, 4) is 0 Å². The maximum absolute atomic E-state index is 10.00. The maximum Gasteiger partial charge on any atom is 0.133 e. The lowest BCUT2D eigenvalue weighted by Gasteiger charge is -2.27. The van der Waals surface area contributed by atoms with Gasteiger partial charge in [0, 0.05) is 24.0 Å². The normalized spacial score (nSPS) is 23.4. The highest BCUT2D eigenvalue weighted by atomic mass is 16.3. The van der Waals surface area contributed by atoms with Crippen molar-refractivity contribution in [1.29, 1.82) is 0 Å². The smallest absolute Gasteiger partial charge is 0.133 e. The van der Waals surface area contributed by atoms with E-state index in [1.54, 1.807) is 0 Å². The summed E-state index contributed by atoms with van der Waals surface area (Å²) in [6.07, 6.45) is 6.11. The van der Waals surface area contributed by atoms with E-state index in [9.17, 15) is 5.11 Å². The van der Waals surface area contributed by atoms with Gasteiger partial charge < -0.3 is 10.4 Å². The summed E-state index contributed by atoms with van der Waals surface area (Å²) >= 11 is 0. The van der Waals surface area contributed by atoms with E-state index in [2.05, 4.69) is 22.4 Å². The maximum atomic E-state index is 10.00. The lowest BCUT2D eigenvalue weighted by molar-refractivity contribution is 0.0763. The molecule has 1 aromatic heterocycles. The summed E-state index contributed by atoms with van der Waals surface area (Å²) in [7, 11) is 0. The van der Waals surface area contributed by atoms with Crippen molar-refractivity contribution in [3.05, 3.63) is 36.5 Å². The predicted octanol–water partition coefficient (Wildman–Crippen LogP) is 3.20. The van der Waals surface area contributed by atoms with Crippen LogP contribution < -0.4 is 5.32 Å². The summed E-state index contributed by atoms with van der Waals surface area (Å²) < 4.78 is 0. The second-order valence-corrected chi connectivity index (χ2v) is 5.37. The number of aromatic nitrogens is 1. The highest BCUT2D eigenvalue weighted by molar-refractivity contribution is 5.91. The molecule has 1 aromatic carbocycles. The molecule has 100 valence electrons. The third-order valence-corrected chi connectivity index (χ3v) is 4.07. The SMILES string of the molecule is OC1CCCCC1CNc1nccc2ccccc12. The molecule has 2 aromatic rings. The number of aliphatic hydroxyl groups is 1. The zero-order valence-corrected chi connectivity index (χ0v) is 11.0. The molecule has 1 heterocycles. The molecule has 1 aliphatic rings. The molecule has 0 bridgehead atoms. The van der Waals surface area contributed by atoms with E-state index in [4.69, 9.17) is 0 Å². The summed E-state index contributed by atoms with van der Waals surface area (Å²) in [4.78, 5) is 4.42. The molecule has 2 N–H and O–H groups in total. The van der Waals surface area contributed by atoms with Gasteiger partial charge in [0.05, 0.1) is 6.10 Å². The monoisotopic (exact) mass is 256 g/mol. The standard InChI is InChI=1S/C16H20N2O/c19-15-8-4-2-6-13(15)11-18-16-14-7-3-1-5-12(14)9-10-17-16/h1,3,5,7,9-10,13,15,19H,2,4,6,8,11H2,(H,17,18). The fraction of sp³-hybridized carbons (Fsp3) is 0.438. The molecule has 2 unspecified atom stereocenters. The van der Waals surface area contributed by atoms with Crippen molar-refractivity contribution in [2.24, 2.45) is 5.92 Å². The van der Waals surface area contributed by atoms with Crippen molar-refractivity contribution in [1.82, 2.24) is 4.98 Å². The Labute approximate surface area is 113 Å². The van der Waals surface area contributed by atoms with Crippen LogP contribution in [0.25, 0.3) is 10.8 Å². The summed E-state index contributed by atoms with van der Waals surface area (Å²) in [5, 5.41) is 15.8. The van der Waals surface area contributed by atoms with Crippen LogP contribution in [0.4, 0.5) is 5.82 Å². The lowest BCUT2D eigenvalue weighted by atomic mass is 9.86. The molecule has 2 atom stereocenters. The molecular weight excluding hydrogens is 236 g/mol. The molecule has 3 heteroatoms. The van der Waals surface area contributed by atoms with E-state index in [-0.39, 0.29) is 6.10 Å². The quantitative estimate of drug-likeness (QED) is 0.886. The number of hydrogen-bond acceptors (Lipinski definition) is 3. The zero-order valence-electron chi connectivity index (χ0n) is 11.0. The van der Waals surface area contributed by atoms with Crippen LogP contribution in [0.2, 0.25) is 0 Å². The molecule has 0 spiro atoms. The van der Waals surface area contributed by atoms with Gasteiger partial charge in [-0.2, -0.15) is 0 Å². The van der Waals surface area contributed by atoms with Gasteiger partial charge in [-0.05, 0) is 24.3 Å². The van der Waals surface area contributed by atoms with Crippen LogP contribution in [0, 0.1) is 5.92 Å². The number of fused-ring (bicyclic) bond motifs is 1. The number of pyridine rings is 1.